The summed E-state index contributed by atoms with van der Waals surface area (Å²) in [4.78, 5) is 13.7. The normalized spacial score (nSPS) is 14.0. The number of para-hydroxylation sites is 2. The average molecular weight is 589 g/mol. The van der Waals surface area contributed by atoms with Gasteiger partial charge in [-0.15, -0.1) is 0 Å². The van der Waals surface area contributed by atoms with Crippen molar-refractivity contribution in [3.05, 3.63) is 107 Å². The number of nitrogens with zero attached hydrogens (tertiary/aromatic N) is 2. The highest BCUT2D eigenvalue weighted by molar-refractivity contribution is 6.00. The molecular formula is C40H48N2O2. The molecule has 3 heterocycles. The van der Waals surface area contributed by atoms with Gasteiger partial charge in [0.2, 0.25) is 0 Å². The number of rotatable bonds is 16. The second-order valence-corrected chi connectivity index (χ2v) is 12.7. The van der Waals surface area contributed by atoms with Crippen molar-refractivity contribution in [3.63, 3.8) is 0 Å². The molecule has 1 aliphatic heterocycles. The Kier molecular flexibility index (Phi) is 9.54. The molecule has 3 aromatic carbocycles. The molecule has 0 radical (unpaired) electrons. The van der Waals surface area contributed by atoms with E-state index in [1.54, 1.807) is 0 Å². The summed E-state index contributed by atoms with van der Waals surface area (Å²) in [6.07, 6.45) is 19.7. The minimum absolute atomic E-state index is 0.249. The maximum atomic E-state index is 13.7. The zero-order valence-electron chi connectivity index (χ0n) is 26.7. The van der Waals surface area contributed by atoms with Crippen LogP contribution in [-0.2, 0) is 23.4 Å². The van der Waals surface area contributed by atoms with Crippen molar-refractivity contribution in [1.29, 1.82) is 0 Å². The van der Waals surface area contributed by atoms with E-state index in [9.17, 15) is 4.79 Å². The summed E-state index contributed by atoms with van der Waals surface area (Å²) in [6, 6.07) is 25.3. The van der Waals surface area contributed by atoms with Gasteiger partial charge in [-0.2, -0.15) is 0 Å². The van der Waals surface area contributed by atoms with E-state index in [-0.39, 0.29) is 5.97 Å². The van der Waals surface area contributed by atoms with Gasteiger partial charge in [-0.3, -0.25) is 0 Å². The lowest BCUT2D eigenvalue weighted by Gasteiger charge is -2.29. The van der Waals surface area contributed by atoms with Crippen LogP contribution >= 0.6 is 0 Å². The first-order chi connectivity index (χ1) is 21.7. The summed E-state index contributed by atoms with van der Waals surface area (Å²) in [6.45, 7) is 6.45. The predicted octanol–water partition coefficient (Wildman–Crippen LogP) is 10.8. The van der Waals surface area contributed by atoms with E-state index >= 15 is 0 Å². The van der Waals surface area contributed by atoms with Gasteiger partial charge in [0.15, 0.2) is 5.60 Å². The molecule has 0 bridgehead atoms. The van der Waals surface area contributed by atoms with Gasteiger partial charge >= 0.3 is 5.97 Å². The summed E-state index contributed by atoms with van der Waals surface area (Å²) in [5, 5.41) is 2.30. The number of carbonyl (C=O) groups is 1. The molecule has 0 N–H and O–H groups in total. The second-order valence-electron chi connectivity index (χ2n) is 12.7. The quantitative estimate of drug-likeness (QED) is 0.0849. The molecule has 0 aliphatic carbocycles. The fraction of sp³-hybridized carbons (Fsp3) is 0.425. The molecule has 4 nitrogen and oxygen atoms in total. The Hall–Kier alpha value is -3.79. The van der Waals surface area contributed by atoms with Gasteiger partial charge in [0.1, 0.15) is 0 Å². The number of benzene rings is 3. The molecule has 6 rings (SSSR count). The van der Waals surface area contributed by atoms with Crippen molar-refractivity contribution in [1.82, 2.24) is 9.13 Å². The van der Waals surface area contributed by atoms with Gasteiger partial charge in [-0.05, 0) is 31.0 Å². The van der Waals surface area contributed by atoms with Crippen molar-refractivity contribution >= 4 is 27.8 Å². The summed E-state index contributed by atoms with van der Waals surface area (Å²) in [5.74, 6) is -0.249. The molecule has 1 aliphatic rings. The lowest BCUT2D eigenvalue weighted by molar-refractivity contribution is 0.0259. The first-order valence-corrected chi connectivity index (χ1v) is 17.2. The molecule has 0 amide bonds. The molecule has 44 heavy (non-hydrogen) atoms. The van der Waals surface area contributed by atoms with E-state index in [0.717, 1.165) is 53.4 Å². The Morgan fingerprint density at radius 1 is 0.545 bits per heavy atom. The van der Waals surface area contributed by atoms with E-state index in [2.05, 4.69) is 90.0 Å². The van der Waals surface area contributed by atoms with E-state index in [4.69, 9.17) is 4.74 Å². The maximum Gasteiger partial charge on any atom is 0.340 e. The molecule has 0 unspecified atom stereocenters. The van der Waals surface area contributed by atoms with Gasteiger partial charge in [-0.25, -0.2) is 4.79 Å². The fourth-order valence-electron chi connectivity index (χ4n) is 7.31. The van der Waals surface area contributed by atoms with Crippen LogP contribution in [0.5, 0.6) is 0 Å². The Morgan fingerprint density at radius 2 is 1.00 bits per heavy atom. The lowest BCUT2D eigenvalue weighted by atomic mass is 9.79. The van der Waals surface area contributed by atoms with Crippen molar-refractivity contribution in [3.8, 4) is 0 Å². The van der Waals surface area contributed by atoms with Crippen LogP contribution in [0, 0.1) is 0 Å². The Labute approximate surface area is 263 Å². The summed E-state index contributed by atoms with van der Waals surface area (Å²) >= 11 is 0. The van der Waals surface area contributed by atoms with Gasteiger partial charge in [0.25, 0.3) is 0 Å². The predicted molar refractivity (Wildman–Crippen MR) is 182 cm³/mol. The van der Waals surface area contributed by atoms with E-state index in [1.807, 2.05) is 18.2 Å². The Morgan fingerprint density at radius 3 is 1.55 bits per heavy atom. The van der Waals surface area contributed by atoms with Crippen molar-refractivity contribution in [2.45, 2.75) is 110 Å². The largest absolute Gasteiger partial charge is 0.440 e. The molecule has 4 heteroatoms. The van der Waals surface area contributed by atoms with E-state index in [0.29, 0.717) is 5.56 Å². The number of aryl methyl sites for hydroxylation is 2. The van der Waals surface area contributed by atoms with E-state index in [1.165, 1.54) is 75.2 Å². The zero-order valence-corrected chi connectivity index (χ0v) is 26.7. The van der Waals surface area contributed by atoms with Crippen LogP contribution in [0.25, 0.3) is 21.8 Å². The van der Waals surface area contributed by atoms with Crippen molar-refractivity contribution < 1.29 is 9.53 Å². The number of hydrogen-bond donors (Lipinski definition) is 0. The van der Waals surface area contributed by atoms with Crippen LogP contribution in [0.2, 0.25) is 0 Å². The maximum absolute atomic E-state index is 13.7. The van der Waals surface area contributed by atoms with Gasteiger partial charge in [0.05, 0.1) is 5.56 Å². The minimum Gasteiger partial charge on any atom is -0.440 e. The highest BCUT2D eigenvalue weighted by atomic mass is 16.6. The molecule has 0 saturated heterocycles. The van der Waals surface area contributed by atoms with Gasteiger partial charge < -0.3 is 13.9 Å². The zero-order chi connectivity index (χ0) is 30.4. The summed E-state index contributed by atoms with van der Waals surface area (Å²) < 4.78 is 11.5. The lowest BCUT2D eigenvalue weighted by Crippen LogP contribution is -2.29. The summed E-state index contributed by atoms with van der Waals surface area (Å²) in [5.41, 5.74) is 5.09. The number of esters is 1. The van der Waals surface area contributed by atoms with Gasteiger partial charge in [-0.1, -0.05) is 133 Å². The molecule has 2 aromatic heterocycles. The summed E-state index contributed by atoms with van der Waals surface area (Å²) in [7, 11) is 0. The molecule has 5 aromatic rings. The third-order valence-electron chi connectivity index (χ3n) is 9.61. The first kappa shape index (κ1) is 30.2. The SMILES string of the molecule is CCCCCCCCn1cc(C2(c3cn(CCCCCCCC)c4ccccc34)OC(=O)c3ccccc32)c2ccccc21. The van der Waals surface area contributed by atoms with Crippen molar-refractivity contribution in [2.75, 3.05) is 0 Å². The number of fused-ring (bicyclic) bond motifs is 3. The molecule has 230 valence electrons. The van der Waals surface area contributed by atoms with Crippen LogP contribution in [0.3, 0.4) is 0 Å². The number of unbranched alkanes of at least 4 members (excludes halogenated alkanes) is 10. The topological polar surface area (TPSA) is 36.2 Å². The third-order valence-corrected chi connectivity index (χ3v) is 9.61. The third kappa shape index (κ3) is 5.72. The average Bonchev–Trinajstić information content (AvgIpc) is 3.71. The van der Waals surface area contributed by atoms with Gasteiger partial charge in [0, 0.05) is 64.0 Å². The van der Waals surface area contributed by atoms with Crippen LogP contribution in [-0.4, -0.2) is 15.1 Å². The Bertz CT molecular complexity index is 1610. The first-order valence-electron chi connectivity index (χ1n) is 17.2. The monoisotopic (exact) mass is 588 g/mol. The second kappa shape index (κ2) is 13.9. The Balaban J connectivity index is 1.45. The number of ether oxygens (including phenoxy) is 1. The standard InChI is InChI=1S/C40H48N2O2/c1-3-5-7-9-11-19-27-41-29-35(31-21-14-17-25-37(31)41)40(34-24-16-13-23-33(34)39(43)44-40)36-30-42(28-20-12-10-8-6-4-2)38-26-18-15-22-32(36)38/h13-18,21-26,29-30H,3-12,19-20,27-28H2,1-2H3. The van der Waals surface area contributed by atoms with E-state index < -0.39 is 5.60 Å². The molecule has 0 atom stereocenters. The van der Waals surface area contributed by atoms with Crippen LogP contribution < -0.4 is 0 Å². The fourth-order valence-corrected chi connectivity index (χ4v) is 7.31. The molecule has 0 spiro atoms. The number of carbonyl (C=O) groups excluding carboxylic acids is 1. The minimum atomic E-state index is -1.02. The molecule has 0 fully saturated rings. The highest BCUT2D eigenvalue weighted by Gasteiger charge is 2.51. The molecular weight excluding hydrogens is 540 g/mol. The highest BCUT2D eigenvalue weighted by Crippen LogP contribution is 2.51. The van der Waals surface area contributed by atoms with Crippen LogP contribution in [0.1, 0.15) is 118 Å². The van der Waals surface area contributed by atoms with Crippen molar-refractivity contribution in [2.24, 2.45) is 0 Å². The molecule has 0 saturated carbocycles. The van der Waals surface area contributed by atoms with Crippen LogP contribution in [0.4, 0.5) is 0 Å². The smallest absolute Gasteiger partial charge is 0.340 e. The number of hydrogen-bond acceptors (Lipinski definition) is 2. The number of cyclic esters (lactones) is 1. The van der Waals surface area contributed by atoms with Crippen LogP contribution in [0.15, 0.2) is 85.2 Å². The number of aromatic nitrogens is 2.